The van der Waals surface area contributed by atoms with Crippen molar-refractivity contribution >= 4 is 15.9 Å². The molecule has 0 aliphatic heterocycles. The van der Waals surface area contributed by atoms with Gasteiger partial charge in [-0.25, -0.2) is 4.39 Å². The van der Waals surface area contributed by atoms with Crippen LogP contribution in [0.25, 0.3) is 0 Å². The predicted molar refractivity (Wildman–Crippen MR) is 97.9 cm³/mol. The van der Waals surface area contributed by atoms with Gasteiger partial charge in [0.1, 0.15) is 12.4 Å². The van der Waals surface area contributed by atoms with Crippen molar-refractivity contribution in [3.8, 4) is 11.5 Å². The molecule has 0 amide bonds. The van der Waals surface area contributed by atoms with Gasteiger partial charge in [0.15, 0.2) is 11.5 Å². The Balaban J connectivity index is 2.14. The fourth-order valence-corrected chi connectivity index (χ4v) is 2.79. The molecule has 0 saturated heterocycles. The van der Waals surface area contributed by atoms with Crippen LogP contribution in [-0.2, 0) is 13.2 Å². The Kier molecular flexibility index (Phi) is 7.28. The van der Waals surface area contributed by atoms with Crippen LogP contribution in [0.2, 0.25) is 0 Å². The molecule has 0 spiro atoms. The molecule has 0 heterocycles. The number of nitrogens with one attached hydrogen (secondary N) is 1. The molecule has 0 radical (unpaired) electrons. The Hall–Kier alpha value is -1.85. The molecule has 1 N–H and O–H groups in total. The molecule has 2 aromatic rings. The Morgan fingerprint density at radius 2 is 1.92 bits per heavy atom. The van der Waals surface area contributed by atoms with Crippen LogP contribution in [0.3, 0.4) is 0 Å². The van der Waals surface area contributed by atoms with E-state index in [0.717, 1.165) is 22.1 Å². The maximum Gasteiger partial charge on any atom is 0.175 e. The van der Waals surface area contributed by atoms with Gasteiger partial charge < -0.3 is 14.8 Å². The second-order valence-electron chi connectivity index (χ2n) is 5.17. The van der Waals surface area contributed by atoms with E-state index in [1.165, 1.54) is 12.1 Å². The van der Waals surface area contributed by atoms with Crippen LogP contribution in [0.5, 0.6) is 11.5 Å². The molecule has 2 rings (SSSR count). The third-order valence-corrected chi connectivity index (χ3v) is 3.87. The molecule has 0 aliphatic rings. The molecule has 3 nitrogen and oxygen atoms in total. The summed E-state index contributed by atoms with van der Waals surface area (Å²) in [6.45, 7) is 7.96. The normalized spacial score (nSPS) is 10.5. The van der Waals surface area contributed by atoms with E-state index >= 15 is 0 Å². The lowest BCUT2D eigenvalue weighted by atomic mass is 10.2. The monoisotopic (exact) mass is 393 g/mol. The lowest BCUT2D eigenvalue weighted by Gasteiger charge is -2.16. The minimum Gasteiger partial charge on any atom is -0.490 e. The molecule has 24 heavy (non-hydrogen) atoms. The van der Waals surface area contributed by atoms with Crippen LogP contribution in [0.4, 0.5) is 4.39 Å². The van der Waals surface area contributed by atoms with Gasteiger partial charge in [-0.3, -0.25) is 0 Å². The number of hydrogen-bond donors (Lipinski definition) is 1. The van der Waals surface area contributed by atoms with E-state index in [9.17, 15) is 4.39 Å². The predicted octanol–water partition coefficient (Wildman–Crippen LogP) is 4.84. The Morgan fingerprint density at radius 1 is 1.17 bits per heavy atom. The second kappa shape index (κ2) is 9.45. The van der Waals surface area contributed by atoms with Gasteiger partial charge in [0.25, 0.3) is 0 Å². The fraction of sp³-hybridized carbons (Fsp3) is 0.263. The zero-order valence-corrected chi connectivity index (χ0v) is 15.2. The summed E-state index contributed by atoms with van der Waals surface area (Å²) in [5.41, 5.74) is 1.98. The second-order valence-corrected chi connectivity index (χ2v) is 6.03. The Labute approximate surface area is 150 Å². The smallest absolute Gasteiger partial charge is 0.175 e. The molecule has 5 heteroatoms. The van der Waals surface area contributed by atoms with Crippen LogP contribution in [0.1, 0.15) is 18.1 Å². The minimum absolute atomic E-state index is 0.258. The van der Waals surface area contributed by atoms with E-state index < -0.39 is 0 Å². The van der Waals surface area contributed by atoms with Crippen LogP contribution >= 0.6 is 15.9 Å². The van der Waals surface area contributed by atoms with E-state index in [-0.39, 0.29) is 5.82 Å². The average Bonchev–Trinajstić information content (AvgIpc) is 2.56. The molecule has 2 aromatic carbocycles. The third-order valence-electron chi connectivity index (χ3n) is 3.28. The zero-order valence-electron chi connectivity index (χ0n) is 13.6. The van der Waals surface area contributed by atoms with Crippen LogP contribution in [0, 0.1) is 5.82 Å². The largest absolute Gasteiger partial charge is 0.490 e. The van der Waals surface area contributed by atoms with Crippen molar-refractivity contribution in [2.24, 2.45) is 0 Å². The van der Waals surface area contributed by atoms with Crippen molar-refractivity contribution in [3.05, 3.63) is 70.5 Å². The molecule has 0 aliphatic carbocycles. The summed E-state index contributed by atoms with van der Waals surface area (Å²) in [4.78, 5) is 0. The van der Waals surface area contributed by atoms with Crippen molar-refractivity contribution in [1.82, 2.24) is 5.32 Å². The first-order valence-electron chi connectivity index (χ1n) is 7.78. The van der Waals surface area contributed by atoms with Crippen LogP contribution < -0.4 is 14.8 Å². The topological polar surface area (TPSA) is 30.5 Å². The van der Waals surface area contributed by atoms with Gasteiger partial charge in [-0.15, -0.1) is 6.58 Å². The van der Waals surface area contributed by atoms with Gasteiger partial charge in [0.2, 0.25) is 0 Å². The highest BCUT2D eigenvalue weighted by atomic mass is 79.9. The first kappa shape index (κ1) is 18.5. The molecule has 0 unspecified atom stereocenters. The summed E-state index contributed by atoms with van der Waals surface area (Å²) in [6, 6.07) is 10.2. The molecule has 0 aromatic heterocycles. The standard InChI is InChI=1S/C19H21BrFNO2/c1-3-9-22-12-15-10-17(20)19(18(11-15)23-4-2)24-13-14-5-7-16(21)8-6-14/h3,5-8,10-11,22H,1,4,9,12-13H2,2H3. The molecular formula is C19H21BrFNO2. The first-order chi connectivity index (χ1) is 11.6. The van der Waals surface area contributed by atoms with Gasteiger partial charge in [-0.2, -0.15) is 0 Å². The lowest BCUT2D eigenvalue weighted by molar-refractivity contribution is 0.267. The number of rotatable bonds is 9. The maximum absolute atomic E-state index is 13.0. The number of hydrogen-bond acceptors (Lipinski definition) is 3. The van der Waals surface area contributed by atoms with Gasteiger partial charge in [-0.1, -0.05) is 18.2 Å². The van der Waals surface area contributed by atoms with Crippen LogP contribution in [-0.4, -0.2) is 13.2 Å². The number of ether oxygens (including phenoxy) is 2. The Morgan fingerprint density at radius 3 is 2.58 bits per heavy atom. The first-order valence-corrected chi connectivity index (χ1v) is 8.57. The summed E-state index contributed by atoms with van der Waals surface area (Å²) in [6.07, 6.45) is 1.82. The van der Waals surface area contributed by atoms with Crippen LogP contribution in [0.15, 0.2) is 53.5 Å². The zero-order chi connectivity index (χ0) is 17.4. The van der Waals surface area contributed by atoms with E-state index in [2.05, 4.69) is 27.8 Å². The molecular weight excluding hydrogens is 373 g/mol. The van der Waals surface area contributed by atoms with Crippen molar-refractivity contribution in [2.45, 2.75) is 20.1 Å². The van der Waals surface area contributed by atoms with E-state index in [4.69, 9.17) is 9.47 Å². The van der Waals surface area contributed by atoms with Gasteiger partial charge in [0, 0.05) is 13.1 Å². The van der Waals surface area contributed by atoms with Gasteiger partial charge in [0.05, 0.1) is 11.1 Å². The van der Waals surface area contributed by atoms with Gasteiger partial charge in [-0.05, 0) is 58.2 Å². The molecule has 0 bridgehead atoms. The fourth-order valence-electron chi connectivity index (χ4n) is 2.18. The summed E-state index contributed by atoms with van der Waals surface area (Å²) >= 11 is 3.55. The summed E-state index contributed by atoms with van der Waals surface area (Å²) in [7, 11) is 0. The Bertz CT molecular complexity index is 674. The highest BCUT2D eigenvalue weighted by Crippen LogP contribution is 2.37. The SMILES string of the molecule is C=CCNCc1cc(Br)c(OCc2ccc(F)cc2)c(OCC)c1. The summed E-state index contributed by atoms with van der Waals surface area (Å²) in [5, 5.41) is 3.26. The average molecular weight is 394 g/mol. The lowest BCUT2D eigenvalue weighted by Crippen LogP contribution is -2.13. The van der Waals surface area contributed by atoms with E-state index in [0.29, 0.717) is 31.3 Å². The number of halogens is 2. The van der Waals surface area contributed by atoms with Crippen molar-refractivity contribution in [3.63, 3.8) is 0 Å². The highest BCUT2D eigenvalue weighted by Gasteiger charge is 2.12. The van der Waals surface area contributed by atoms with Crippen molar-refractivity contribution < 1.29 is 13.9 Å². The van der Waals surface area contributed by atoms with E-state index in [1.54, 1.807) is 12.1 Å². The molecule has 0 saturated carbocycles. The molecule has 0 atom stereocenters. The molecule has 0 fully saturated rings. The maximum atomic E-state index is 13.0. The van der Waals surface area contributed by atoms with Crippen molar-refractivity contribution in [1.29, 1.82) is 0 Å². The van der Waals surface area contributed by atoms with E-state index in [1.807, 2.05) is 25.1 Å². The summed E-state index contributed by atoms with van der Waals surface area (Å²) < 4.78 is 25.4. The van der Waals surface area contributed by atoms with Gasteiger partial charge >= 0.3 is 0 Å². The van der Waals surface area contributed by atoms with Crippen molar-refractivity contribution in [2.75, 3.05) is 13.2 Å². The summed E-state index contributed by atoms with van der Waals surface area (Å²) in [5.74, 6) is 1.07. The minimum atomic E-state index is -0.258. The molecule has 128 valence electrons. The highest BCUT2D eigenvalue weighted by molar-refractivity contribution is 9.10. The quantitative estimate of drug-likeness (QED) is 0.488. The third kappa shape index (κ3) is 5.35. The number of benzene rings is 2.